The number of benzene rings is 3. The van der Waals surface area contributed by atoms with E-state index in [0.29, 0.717) is 12.0 Å². The maximum Gasteiger partial charge on any atom is 0.0664 e. The maximum atomic E-state index is 5.83. The van der Waals surface area contributed by atoms with Crippen LogP contribution in [0.3, 0.4) is 0 Å². The van der Waals surface area contributed by atoms with Crippen molar-refractivity contribution < 1.29 is 4.74 Å². The van der Waals surface area contributed by atoms with E-state index in [-0.39, 0.29) is 0 Å². The molecule has 1 heterocycles. The Morgan fingerprint density at radius 2 is 1.54 bits per heavy atom. The summed E-state index contributed by atoms with van der Waals surface area (Å²) in [6, 6.07) is 28.8. The molecular weight excluding hydrogens is 342 g/mol. The van der Waals surface area contributed by atoms with Crippen molar-refractivity contribution in [3.63, 3.8) is 0 Å². The summed E-state index contributed by atoms with van der Waals surface area (Å²) in [4.78, 5) is 2.57. The van der Waals surface area contributed by atoms with Gasteiger partial charge in [-0.3, -0.25) is 4.90 Å². The van der Waals surface area contributed by atoms with Crippen LogP contribution < -0.4 is 0 Å². The number of rotatable bonds is 5. The van der Waals surface area contributed by atoms with E-state index in [4.69, 9.17) is 4.74 Å². The Balaban J connectivity index is 1.67. The molecule has 0 spiro atoms. The summed E-state index contributed by atoms with van der Waals surface area (Å²) in [5.74, 6) is 0.504. The summed E-state index contributed by atoms with van der Waals surface area (Å²) < 4.78 is 5.83. The standard InChI is InChI=1S/C26H29NO/c1-20(2)23-13-8-9-15-25(23)24-14-7-6-12-22(24)18-27-16-17-28-19-26(27)21-10-4-3-5-11-21/h3-15,20,26H,16-19H2,1-2H3/t26-/m1/s1. The van der Waals surface area contributed by atoms with Gasteiger partial charge in [0.05, 0.1) is 19.3 Å². The van der Waals surface area contributed by atoms with Gasteiger partial charge in [0.1, 0.15) is 0 Å². The van der Waals surface area contributed by atoms with Crippen molar-refractivity contribution in [2.45, 2.75) is 32.4 Å². The highest BCUT2D eigenvalue weighted by Gasteiger charge is 2.25. The molecule has 0 amide bonds. The van der Waals surface area contributed by atoms with E-state index in [1.54, 1.807) is 0 Å². The van der Waals surface area contributed by atoms with E-state index in [1.807, 2.05) is 0 Å². The van der Waals surface area contributed by atoms with Gasteiger partial charge in [-0.1, -0.05) is 92.7 Å². The summed E-state index contributed by atoms with van der Waals surface area (Å²) in [6.45, 7) is 8.00. The van der Waals surface area contributed by atoms with Gasteiger partial charge < -0.3 is 4.74 Å². The highest BCUT2D eigenvalue weighted by Crippen LogP contribution is 2.33. The number of morpholine rings is 1. The summed E-state index contributed by atoms with van der Waals surface area (Å²) in [7, 11) is 0. The second kappa shape index (κ2) is 8.72. The number of hydrogen-bond acceptors (Lipinski definition) is 2. The van der Waals surface area contributed by atoms with Crippen molar-refractivity contribution in [1.82, 2.24) is 4.90 Å². The molecule has 2 heteroatoms. The van der Waals surface area contributed by atoms with Gasteiger partial charge in [-0.15, -0.1) is 0 Å². The summed E-state index contributed by atoms with van der Waals surface area (Å²) in [5.41, 5.74) is 6.85. The highest BCUT2D eigenvalue weighted by molar-refractivity contribution is 5.71. The van der Waals surface area contributed by atoms with Crippen LogP contribution in [0.1, 0.15) is 42.5 Å². The number of ether oxygens (including phenoxy) is 1. The van der Waals surface area contributed by atoms with Crippen LogP contribution in [-0.2, 0) is 11.3 Å². The lowest BCUT2D eigenvalue weighted by Gasteiger charge is -2.36. The van der Waals surface area contributed by atoms with Crippen LogP contribution in [0.2, 0.25) is 0 Å². The van der Waals surface area contributed by atoms with Crippen LogP contribution >= 0.6 is 0 Å². The zero-order chi connectivity index (χ0) is 19.3. The van der Waals surface area contributed by atoms with Crippen molar-refractivity contribution in [2.75, 3.05) is 19.8 Å². The van der Waals surface area contributed by atoms with Gasteiger partial charge in [0.2, 0.25) is 0 Å². The molecule has 144 valence electrons. The molecular formula is C26H29NO. The van der Waals surface area contributed by atoms with Gasteiger partial charge in [0.25, 0.3) is 0 Å². The normalized spacial score (nSPS) is 17.8. The van der Waals surface area contributed by atoms with Gasteiger partial charge in [0.15, 0.2) is 0 Å². The first-order valence-corrected chi connectivity index (χ1v) is 10.3. The summed E-state index contributed by atoms with van der Waals surface area (Å²) in [5, 5.41) is 0. The molecule has 1 atom stereocenters. The van der Waals surface area contributed by atoms with Crippen LogP contribution in [0.15, 0.2) is 78.9 Å². The minimum atomic E-state index is 0.309. The molecule has 0 aromatic heterocycles. The SMILES string of the molecule is CC(C)c1ccccc1-c1ccccc1CN1CCOC[C@@H]1c1ccccc1. The molecule has 0 radical (unpaired) electrons. The van der Waals surface area contributed by atoms with E-state index >= 15 is 0 Å². The number of nitrogens with zero attached hydrogens (tertiary/aromatic N) is 1. The lowest BCUT2D eigenvalue weighted by Crippen LogP contribution is -2.39. The molecule has 0 aliphatic carbocycles. The minimum absolute atomic E-state index is 0.309. The Bertz CT molecular complexity index is 903. The lowest BCUT2D eigenvalue weighted by molar-refractivity contribution is -0.0126. The molecule has 1 saturated heterocycles. The monoisotopic (exact) mass is 371 g/mol. The maximum absolute atomic E-state index is 5.83. The second-order valence-corrected chi connectivity index (χ2v) is 7.87. The highest BCUT2D eigenvalue weighted by atomic mass is 16.5. The molecule has 4 rings (SSSR count). The van der Waals surface area contributed by atoms with Crippen LogP contribution in [0.25, 0.3) is 11.1 Å². The van der Waals surface area contributed by atoms with Crippen molar-refractivity contribution in [2.24, 2.45) is 0 Å². The van der Waals surface area contributed by atoms with E-state index < -0.39 is 0 Å². The quantitative estimate of drug-likeness (QED) is 0.541. The minimum Gasteiger partial charge on any atom is -0.378 e. The van der Waals surface area contributed by atoms with E-state index in [1.165, 1.54) is 27.8 Å². The van der Waals surface area contributed by atoms with Crippen LogP contribution in [-0.4, -0.2) is 24.7 Å². The molecule has 0 unspecified atom stereocenters. The Hall–Kier alpha value is -2.42. The van der Waals surface area contributed by atoms with Crippen molar-refractivity contribution in [3.05, 3.63) is 95.6 Å². The Morgan fingerprint density at radius 3 is 2.32 bits per heavy atom. The van der Waals surface area contributed by atoms with Gasteiger partial charge in [-0.25, -0.2) is 0 Å². The second-order valence-electron chi connectivity index (χ2n) is 7.87. The number of hydrogen-bond donors (Lipinski definition) is 0. The molecule has 3 aromatic carbocycles. The average Bonchev–Trinajstić information content (AvgIpc) is 2.75. The van der Waals surface area contributed by atoms with Gasteiger partial charge >= 0.3 is 0 Å². The Kier molecular flexibility index (Phi) is 5.90. The third-order valence-corrected chi connectivity index (χ3v) is 5.69. The summed E-state index contributed by atoms with van der Waals surface area (Å²) in [6.07, 6.45) is 0. The van der Waals surface area contributed by atoms with Crippen LogP contribution in [0.5, 0.6) is 0 Å². The molecule has 0 N–H and O–H groups in total. The largest absolute Gasteiger partial charge is 0.378 e. The van der Waals surface area contributed by atoms with E-state index in [9.17, 15) is 0 Å². The van der Waals surface area contributed by atoms with Crippen LogP contribution in [0.4, 0.5) is 0 Å². The smallest absolute Gasteiger partial charge is 0.0664 e. The van der Waals surface area contributed by atoms with Crippen LogP contribution in [0, 0.1) is 0 Å². The summed E-state index contributed by atoms with van der Waals surface area (Å²) >= 11 is 0. The first-order chi connectivity index (χ1) is 13.7. The molecule has 28 heavy (non-hydrogen) atoms. The fourth-order valence-corrected chi connectivity index (χ4v) is 4.19. The zero-order valence-electron chi connectivity index (χ0n) is 16.8. The first kappa shape index (κ1) is 18.9. The zero-order valence-corrected chi connectivity index (χ0v) is 16.8. The topological polar surface area (TPSA) is 12.5 Å². The fraction of sp³-hybridized carbons (Fsp3) is 0.308. The van der Waals surface area contributed by atoms with E-state index in [2.05, 4.69) is 97.6 Å². The molecule has 0 saturated carbocycles. The predicted octanol–water partition coefficient (Wildman–Crippen LogP) is 6.05. The van der Waals surface area contributed by atoms with Gasteiger partial charge in [-0.05, 0) is 33.7 Å². The lowest BCUT2D eigenvalue weighted by atomic mass is 9.90. The third-order valence-electron chi connectivity index (χ3n) is 5.69. The Morgan fingerprint density at radius 1 is 0.857 bits per heavy atom. The first-order valence-electron chi connectivity index (χ1n) is 10.3. The predicted molar refractivity (Wildman–Crippen MR) is 116 cm³/mol. The Labute approximate surface area is 168 Å². The van der Waals surface area contributed by atoms with Crippen molar-refractivity contribution >= 4 is 0 Å². The molecule has 1 fully saturated rings. The third kappa shape index (κ3) is 4.04. The molecule has 2 nitrogen and oxygen atoms in total. The molecule has 0 bridgehead atoms. The van der Waals surface area contributed by atoms with Gasteiger partial charge in [-0.2, -0.15) is 0 Å². The molecule has 3 aromatic rings. The average molecular weight is 372 g/mol. The molecule has 1 aliphatic heterocycles. The van der Waals surface area contributed by atoms with E-state index in [0.717, 1.165) is 26.3 Å². The molecule has 1 aliphatic rings. The van der Waals surface area contributed by atoms with Crippen molar-refractivity contribution in [1.29, 1.82) is 0 Å². The van der Waals surface area contributed by atoms with Gasteiger partial charge in [0, 0.05) is 13.1 Å². The fourth-order valence-electron chi connectivity index (χ4n) is 4.19. The van der Waals surface area contributed by atoms with Crippen molar-refractivity contribution in [3.8, 4) is 11.1 Å².